The summed E-state index contributed by atoms with van der Waals surface area (Å²) in [5.74, 6) is -2.11. The van der Waals surface area contributed by atoms with Gasteiger partial charge in [0.1, 0.15) is 24.2 Å². The zero-order valence-electron chi connectivity index (χ0n) is 23.8. The van der Waals surface area contributed by atoms with Crippen molar-refractivity contribution in [2.45, 2.75) is 97.4 Å². The predicted octanol–water partition coefficient (Wildman–Crippen LogP) is 4.04. The molecule has 0 saturated carbocycles. The van der Waals surface area contributed by atoms with E-state index in [9.17, 15) is 19.2 Å². The molecule has 3 rings (SSSR count). The quantitative estimate of drug-likeness (QED) is 0.440. The van der Waals surface area contributed by atoms with E-state index in [2.05, 4.69) is 22.9 Å². The third kappa shape index (κ3) is 8.28. The number of hydrogen-bond donors (Lipinski definition) is 3. The molecule has 0 bridgehead atoms. The second kappa shape index (κ2) is 14.1. The number of esters is 1. The summed E-state index contributed by atoms with van der Waals surface area (Å²) in [5.41, 5.74) is 0.881. The van der Waals surface area contributed by atoms with Crippen LogP contribution in [0.15, 0.2) is 42.5 Å². The molecule has 1 aliphatic rings. The van der Waals surface area contributed by atoms with E-state index in [1.54, 1.807) is 6.92 Å². The molecular formula is C31H43N3O5. The van der Waals surface area contributed by atoms with Crippen LogP contribution in [0.4, 0.5) is 0 Å². The highest BCUT2D eigenvalue weighted by atomic mass is 16.5. The van der Waals surface area contributed by atoms with Crippen molar-refractivity contribution in [2.75, 3.05) is 0 Å². The number of nitrogens with one attached hydrogen (secondary N) is 3. The highest BCUT2D eigenvalue weighted by molar-refractivity contribution is 5.94. The molecule has 39 heavy (non-hydrogen) atoms. The summed E-state index contributed by atoms with van der Waals surface area (Å²) in [7, 11) is 0. The van der Waals surface area contributed by atoms with Crippen LogP contribution >= 0.6 is 0 Å². The number of ether oxygens (including phenoxy) is 1. The molecule has 8 heteroatoms. The molecule has 3 amide bonds. The van der Waals surface area contributed by atoms with Gasteiger partial charge in [-0.1, -0.05) is 89.4 Å². The Balaban J connectivity index is 1.92. The van der Waals surface area contributed by atoms with Crippen LogP contribution < -0.4 is 16.0 Å². The van der Waals surface area contributed by atoms with Gasteiger partial charge in [-0.25, -0.2) is 4.79 Å². The summed E-state index contributed by atoms with van der Waals surface area (Å²) >= 11 is 0. The van der Waals surface area contributed by atoms with Gasteiger partial charge in [0.15, 0.2) is 0 Å². The van der Waals surface area contributed by atoms with Gasteiger partial charge in [-0.3, -0.25) is 14.4 Å². The molecule has 0 aromatic heterocycles. The summed E-state index contributed by atoms with van der Waals surface area (Å²) in [5, 5.41) is 10.5. The van der Waals surface area contributed by atoms with Crippen molar-refractivity contribution in [3.05, 3.63) is 48.0 Å². The second-order valence-electron chi connectivity index (χ2n) is 10.9. The Morgan fingerprint density at radius 2 is 1.62 bits per heavy atom. The highest BCUT2D eigenvalue weighted by Crippen LogP contribution is 2.22. The Hall–Kier alpha value is -3.42. The first-order valence-electron chi connectivity index (χ1n) is 14.2. The predicted molar refractivity (Wildman–Crippen MR) is 152 cm³/mol. The van der Waals surface area contributed by atoms with Gasteiger partial charge in [-0.15, -0.1) is 0 Å². The summed E-state index contributed by atoms with van der Waals surface area (Å²) < 4.78 is 5.92. The van der Waals surface area contributed by atoms with Gasteiger partial charge in [0, 0.05) is 6.42 Å². The van der Waals surface area contributed by atoms with E-state index < -0.39 is 42.0 Å². The number of carbonyl (C=O) groups excluding carboxylic acids is 4. The fourth-order valence-corrected chi connectivity index (χ4v) is 4.87. The van der Waals surface area contributed by atoms with Crippen LogP contribution in [-0.2, 0) is 30.3 Å². The molecule has 0 unspecified atom stereocenters. The van der Waals surface area contributed by atoms with E-state index in [1.807, 2.05) is 63.2 Å². The number of fused-ring (bicyclic) bond motifs is 1. The maximum Gasteiger partial charge on any atom is 0.329 e. The molecule has 212 valence electrons. The molecule has 0 aliphatic carbocycles. The number of carbonyl (C=O) groups is 4. The van der Waals surface area contributed by atoms with Crippen LogP contribution in [0.1, 0.15) is 72.3 Å². The van der Waals surface area contributed by atoms with Gasteiger partial charge >= 0.3 is 5.97 Å². The summed E-state index contributed by atoms with van der Waals surface area (Å²) in [6.45, 7) is 9.42. The van der Waals surface area contributed by atoms with Gasteiger partial charge in [0.25, 0.3) is 0 Å². The molecule has 2 aromatic rings. The number of cyclic esters (lactones) is 1. The van der Waals surface area contributed by atoms with Crippen LogP contribution in [0.25, 0.3) is 10.8 Å². The van der Waals surface area contributed by atoms with Crippen molar-refractivity contribution in [2.24, 2.45) is 11.8 Å². The Bertz CT molecular complexity index is 1170. The monoisotopic (exact) mass is 537 g/mol. The third-order valence-corrected chi connectivity index (χ3v) is 7.72. The maximum atomic E-state index is 13.4. The van der Waals surface area contributed by atoms with Crippen molar-refractivity contribution in [1.29, 1.82) is 0 Å². The van der Waals surface area contributed by atoms with E-state index >= 15 is 0 Å². The van der Waals surface area contributed by atoms with Crippen LogP contribution in [0, 0.1) is 11.8 Å². The van der Waals surface area contributed by atoms with Crippen molar-refractivity contribution in [3.8, 4) is 0 Å². The lowest BCUT2D eigenvalue weighted by Crippen LogP contribution is -2.55. The lowest BCUT2D eigenvalue weighted by atomic mass is 9.94. The first kappa shape index (κ1) is 30.1. The van der Waals surface area contributed by atoms with Crippen LogP contribution in [0.2, 0.25) is 0 Å². The third-order valence-electron chi connectivity index (χ3n) is 7.72. The van der Waals surface area contributed by atoms with Gasteiger partial charge < -0.3 is 20.7 Å². The Morgan fingerprint density at radius 3 is 2.31 bits per heavy atom. The standard InChI is InChI=1S/C31H43N3O5/c1-6-8-11-20(4)26-18-27(35)33-25(17-22-14-15-23-12-9-10-13-24(23)16-22)30(37)32-21(5)29(36)34-28(19(3)7-2)31(38)39-26/h9-10,12-16,19-21,25-26,28H,6-8,11,17-18H2,1-5H3,(H,32,37)(H,33,35)(H,34,36)/t19-,20-,21-,25-,26-,28+/m0/s1. The van der Waals surface area contributed by atoms with Crippen molar-refractivity contribution < 1.29 is 23.9 Å². The SMILES string of the molecule is CCCC[C@H](C)[C@@H]1CC(=O)N[C@@H](Cc2ccc3ccccc3c2)C(=O)N[C@@H](C)C(=O)N[C@H]([C@@H](C)CC)C(=O)O1. The summed E-state index contributed by atoms with van der Waals surface area (Å²) in [6.07, 6.45) is 2.87. The van der Waals surface area contributed by atoms with E-state index in [4.69, 9.17) is 4.74 Å². The number of hydrogen-bond acceptors (Lipinski definition) is 5. The van der Waals surface area contributed by atoms with E-state index in [0.717, 1.165) is 35.6 Å². The fourth-order valence-electron chi connectivity index (χ4n) is 4.87. The molecule has 8 nitrogen and oxygen atoms in total. The van der Waals surface area contributed by atoms with Crippen LogP contribution in [-0.4, -0.2) is 47.9 Å². The van der Waals surface area contributed by atoms with Crippen molar-refractivity contribution >= 4 is 34.5 Å². The zero-order valence-corrected chi connectivity index (χ0v) is 23.8. The van der Waals surface area contributed by atoms with Crippen LogP contribution in [0.5, 0.6) is 0 Å². The Morgan fingerprint density at radius 1 is 0.897 bits per heavy atom. The van der Waals surface area contributed by atoms with Gasteiger partial charge in [-0.05, 0) is 41.5 Å². The van der Waals surface area contributed by atoms with Crippen molar-refractivity contribution in [1.82, 2.24) is 16.0 Å². The highest BCUT2D eigenvalue weighted by Gasteiger charge is 2.35. The number of amides is 3. The van der Waals surface area contributed by atoms with E-state index in [1.165, 1.54) is 0 Å². The first-order chi connectivity index (χ1) is 18.6. The normalized spacial score (nSPS) is 24.7. The molecular weight excluding hydrogens is 494 g/mol. The molecule has 0 radical (unpaired) electrons. The molecule has 3 N–H and O–H groups in total. The largest absolute Gasteiger partial charge is 0.460 e. The topological polar surface area (TPSA) is 114 Å². The lowest BCUT2D eigenvalue weighted by Gasteiger charge is -2.29. The average molecular weight is 538 g/mol. The van der Waals surface area contributed by atoms with Gasteiger partial charge in [-0.2, -0.15) is 0 Å². The fraction of sp³-hybridized carbons (Fsp3) is 0.548. The number of rotatable bonds is 8. The number of unbranched alkanes of at least 4 members (excludes halogenated alkanes) is 1. The summed E-state index contributed by atoms with van der Waals surface area (Å²) in [4.78, 5) is 53.0. The zero-order chi connectivity index (χ0) is 28.5. The van der Waals surface area contributed by atoms with Gasteiger partial charge in [0.05, 0.1) is 6.42 Å². The minimum atomic E-state index is -0.909. The minimum Gasteiger partial charge on any atom is -0.460 e. The lowest BCUT2D eigenvalue weighted by molar-refractivity contribution is -0.158. The summed E-state index contributed by atoms with van der Waals surface area (Å²) in [6, 6.07) is 11.2. The maximum absolute atomic E-state index is 13.4. The molecule has 1 fully saturated rings. The minimum absolute atomic E-state index is 0.0607. The molecule has 1 aliphatic heterocycles. The smallest absolute Gasteiger partial charge is 0.329 e. The number of benzene rings is 2. The van der Waals surface area contributed by atoms with Gasteiger partial charge in [0.2, 0.25) is 17.7 Å². The van der Waals surface area contributed by atoms with Crippen molar-refractivity contribution in [3.63, 3.8) is 0 Å². The molecule has 1 saturated heterocycles. The van der Waals surface area contributed by atoms with Crippen LogP contribution in [0.3, 0.4) is 0 Å². The van der Waals surface area contributed by atoms with E-state index in [-0.39, 0.29) is 30.6 Å². The molecule has 1 heterocycles. The Labute approximate surface area is 231 Å². The second-order valence-corrected chi connectivity index (χ2v) is 10.9. The van der Waals surface area contributed by atoms with E-state index in [0.29, 0.717) is 6.42 Å². The molecule has 2 aromatic carbocycles. The first-order valence-corrected chi connectivity index (χ1v) is 14.2. The average Bonchev–Trinajstić information content (AvgIpc) is 2.92. The Kier molecular flexibility index (Phi) is 10.9. The molecule has 0 spiro atoms. The molecule has 6 atom stereocenters.